The number of amides is 2. The Bertz CT molecular complexity index is 722. The van der Waals surface area contributed by atoms with Crippen LogP contribution in [0.25, 0.3) is 0 Å². The first-order valence-electron chi connectivity index (χ1n) is 9.42. The molecule has 4 aliphatic carbocycles. The van der Waals surface area contributed by atoms with E-state index in [0.717, 1.165) is 24.8 Å². The molecular formula is C20H25ClN2O2. The summed E-state index contributed by atoms with van der Waals surface area (Å²) in [6.07, 6.45) is 5.03. The number of hydrogen-bond donors (Lipinski definition) is 2. The number of urea groups is 1. The molecule has 4 nitrogen and oxygen atoms in total. The molecule has 1 aromatic carbocycles. The van der Waals surface area contributed by atoms with Crippen molar-refractivity contribution in [1.82, 2.24) is 10.2 Å². The molecule has 134 valence electrons. The van der Waals surface area contributed by atoms with Crippen LogP contribution in [0.5, 0.6) is 0 Å². The van der Waals surface area contributed by atoms with Gasteiger partial charge in [-0.15, -0.1) is 0 Å². The topological polar surface area (TPSA) is 52.6 Å². The number of hydrogen-bond acceptors (Lipinski definition) is 2. The van der Waals surface area contributed by atoms with Crippen LogP contribution in [0.3, 0.4) is 0 Å². The Morgan fingerprint density at radius 1 is 1.24 bits per heavy atom. The van der Waals surface area contributed by atoms with Gasteiger partial charge in [0.05, 0.1) is 11.1 Å². The van der Waals surface area contributed by atoms with Gasteiger partial charge < -0.3 is 15.3 Å². The highest BCUT2D eigenvalue weighted by Crippen LogP contribution is 2.57. The molecule has 5 aliphatic rings. The van der Waals surface area contributed by atoms with Gasteiger partial charge in [0, 0.05) is 17.6 Å². The number of nitrogens with one attached hydrogen (secondary N) is 1. The van der Waals surface area contributed by atoms with E-state index in [2.05, 4.69) is 17.1 Å². The number of rotatable bonds is 2. The van der Waals surface area contributed by atoms with Crippen LogP contribution in [0.4, 0.5) is 4.79 Å². The summed E-state index contributed by atoms with van der Waals surface area (Å²) in [5, 5.41) is 14.7. The van der Waals surface area contributed by atoms with Crippen molar-refractivity contribution in [2.45, 2.75) is 56.2 Å². The van der Waals surface area contributed by atoms with Crippen LogP contribution in [0, 0.1) is 17.8 Å². The molecule has 3 unspecified atom stereocenters. The van der Waals surface area contributed by atoms with Gasteiger partial charge in [-0.05, 0) is 74.5 Å². The zero-order chi connectivity index (χ0) is 17.4. The molecule has 6 rings (SSSR count). The molecule has 0 radical (unpaired) electrons. The van der Waals surface area contributed by atoms with Crippen molar-refractivity contribution in [1.29, 1.82) is 0 Å². The molecule has 2 N–H and O–H groups in total. The summed E-state index contributed by atoms with van der Waals surface area (Å²) in [7, 11) is 0. The van der Waals surface area contributed by atoms with E-state index >= 15 is 0 Å². The van der Waals surface area contributed by atoms with Gasteiger partial charge in [-0.1, -0.05) is 23.7 Å². The lowest BCUT2D eigenvalue weighted by Gasteiger charge is -2.59. The van der Waals surface area contributed by atoms with E-state index in [1.807, 2.05) is 24.3 Å². The van der Waals surface area contributed by atoms with Crippen LogP contribution in [0.2, 0.25) is 5.02 Å². The molecule has 25 heavy (non-hydrogen) atoms. The maximum absolute atomic E-state index is 12.9. The number of carbonyl (C=O) groups is 1. The standard InChI is InChI=1S/C20H25ClN2O2/c1-19(15-3-2-4-16(21)7-15)11-23(18(24)22-19)17-13-5-12-6-14(17)10-20(25,8-12)9-13/h2-4,7,12-14,17,25H,5-6,8-11H2,1H3,(H,22,24). The van der Waals surface area contributed by atoms with Crippen LogP contribution in [0.1, 0.15) is 44.6 Å². The lowest BCUT2D eigenvalue weighted by molar-refractivity contribution is -0.152. The highest BCUT2D eigenvalue weighted by atomic mass is 35.5. The average Bonchev–Trinajstić information content (AvgIpc) is 2.81. The predicted molar refractivity (Wildman–Crippen MR) is 96.3 cm³/mol. The summed E-state index contributed by atoms with van der Waals surface area (Å²) in [6.45, 7) is 2.76. The minimum atomic E-state index is -0.459. The first kappa shape index (κ1) is 16.0. The van der Waals surface area contributed by atoms with Gasteiger partial charge in [-0.25, -0.2) is 4.79 Å². The van der Waals surface area contributed by atoms with E-state index in [4.69, 9.17) is 11.6 Å². The molecule has 2 amide bonds. The first-order chi connectivity index (χ1) is 11.9. The van der Waals surface area contributed by atoms with Crippen LogP contribution in [0.15, 0.2) is 24.3 Å². The van der Waals surface area contributed by atoms with Crippen LogP contribution < -0.4 is 5.32 Å². The fraction of sp³-hybridized carbons (Fsp3) is 0.650. The molecule has 1 heterocycles. The second kappa shape index (κ2) is 5.14. The fourth-order valence-corrected chi connectivity index (χ4v) is 6.65. The predicted octanol–water partition coefficient (Wildman–Crippen LogP) is 3.52. The summed E-state index contributed by atoms with van der Waals surface area (Å²) < 4.78 is 0. The van der Waals surface area contributed by atoms with Crippen LogP contribution in [-0.4, -0.2) is 34.2 Å². The van der Waals surface area contributed by atoms with Crippen molar-refractivity contribution >= 4 is 17.6 Å². The largest absolute Gasteiger partial charge is 0.390 e. The van der Waals surface area contributed by atoms with E-state index in [9.17, 15) is 9.90 Å². The average molecular weight is 361 g/mol. The zero-order valence-electron chi connectivity index (χ0n) is 14.5. The van der Waals surface area contributed by atoms with E-state index in [1.54, 1.807) is 0 Å². The zero-order valence-corrected chi connectivity index (χ0v) is 15.3. The lowest BCUT2D eigenvalue weighted by atomic mass is 9.52. The Hall–Kier alpha value is -1.26. The van der Waals surface area contributed by atoms with Gasteiger partial charge in [-0.3, -0.25) is 0 Å². The maximum atomic E-state index is 12.9. The van der Waals surface area contributed by atoms with Crippen LogP contribution >= 0.6 is 11.6 Å². The highest BCUT2D eigenvalue weighted by molar-refractivity contribution is 6.30. The fourth-order valence-electron chi connectivity index (χ4n) is 6.46. The second-order valence-electron chi connectivity index (χ2n) is 9.09. The number of aliphatic hydroxyl groups is 1. The monoisotopic (exact) mass is 360 g/mol. The Kier molecular flexibility index (Phi) is 3.28. The maximum Gasteiger partial charge on any atom is 0.318 e. The summed E-state index contributed by atoms with van der Waals surface area (Å²) in [4.78, 5) is 14.9. The molecule has 5 heteroatoms. The third kappa shape index (κ3) is 2.41. The SMILES string of the molecule is CC1(c2cccc(Cl)c2)CN(C2C3CC4CC2CC(O)(C4)C3)C(=O)N1. The number of benzene rings is 1. The summed E-state index contributed by atoms with van der Waals surface area (Å²) in [6, 6.07) is 8.10. The van der Waals surface area contributed by atoms with E-state index in [1.165, 1.54) is 12.8 Å². The van der Waals surface area contributed by atoms with Crippen molar-refractivity contribution in [2.75, 3.05) is 6.54 Å². The Balaban J connectivity index is 1.43. The van der Waals surface area contributed by atoms with Crippen molar-refractivity contribution in [3.05, 3.63) is 34.9 Å². The molecule has 1 saturated heterocycles. The third-order valence-electron chi connectivity index (χ3n) is 7.14. The van der Waals surface area contributed by atoms with Gasteiger partial charge in [0.15, 0.2) is 0 Å². The molecule has 1 aliphatic heterocycles. The van der Waals surface area contributed by atoms with Gasteiger partial charge in [0.25, 0.3) is 0 Å². The Labute approximate surface area is 153 Å². The molecular weight excluding hydrogens is 336 g/mol. The van der Waals surface area contributed by atoms with Gasteiger partial charge in [-0.2, -0.15) is 0 Å². The van der Waals surface area contributed by atoms with E-state index in [0.29, 0.717) is 29.3 Å². The first-order valence-corrected chi connectivity index (χ1v) is 9.80. The Morgan fingerprint density at radius 3 is 2.60 bits per heavy atom. The van der Waals surface area contributed by atoms with Crippen molar-refractivity contribution < 1.29 is 9.90 Å². The normalized spacial score (nSPS) is 45.1. The van der Waals surface area contributed by atoms with Crippen molar-refractivity contribution in [3.63, 3.8) is 0 Å². The number of nitrogens with zero attached hydrogens (tertiary/aromatic N) is 1. The van der Waals surface area contributed by atoms with Crippen molar-refractivity contribution in [3.8, 4) is 0 Å². The molecule has 1 aromatic rings. The third-order valence-corrected chi connectivity index (χ3v) is 7.38. The number of halogens is 1. The molecule has 4 saturated carbocycles. The van der Waals surface area contributed by atoms with Crippen molar-refractivity contribution in [2.24, 2.45) is 17.8 Å². The van der Waals surface area contributed by atoms with Crippen LogP contribution in [-0.2, 0) is 5.54 Å². The molecule has 4 bridgehead atoms. The molecule has 0 aromatic heterocycles. The smallest absolute Gasteiger partial charge is 0.318 e. The summed E-state index contributed by atoms with van der Waals surface area (Å²) >= 11 is 6.17. The summed E-state index contributed by atoms with van der Waals surface area (Å²) in [5.74, 6) is 1.55. The number of carbonyl (C=O) groups excluding carboxylic acids is 1. The lowest BCUT2D eigenvalue weighted by Crippen LogP contribution is -2.62. The second-order valence-corrected chi connectivity index (χ2v) is 9.52. The minimum absolute atomic E-state index is 0.0342. The van der Waals surface area contributed by atoms with E-state index in [-0.39, 0.29) is 12.1 Å². The highest BCUT2D eigenvalue weighted by Gasteiger charge is 2.58. The van der Waals surface area contributed by atoms with Gasteiger partial charge in [0.2, 0.25) is 0 Å². The van der Waals surface area contributed by atoms with E-state index < -0.39 is 11.1 Å². The Morgan fingerprint density at radius 2 is 1.96 bits per heavy atom. The van der Waals surface area contributed by atoms with Gasteiger partial charge >= 0.3 is 6.03 Å². The molecule has 0 spiro atoms. The molecule has 3 atom stereocenters. The van der Waals surface area contributed by atoms with Gasteiger partial charge in [0.1, 0.15) is 0 Å². The molecule has 5 fully saturated rings. The summed E-state index contributed by atoms with van der Waals surface area (Å²) in [5.41, 5.74) is 0.186. The quantitative estimate of drug-likeness (QED) is 0.847. The minimum Gasteiger partial charge on any atom is -0.390 e.